The molecule has 1 aliphatic heterocycles. The van der Waals surface area contributed by atoms with E-state index in [0.29, 0.717) is 24.2 Å². The zero-order valence-corrected chi connectivity index (χ0v) is 16.9. The van der Waals surface area contributed by atoms with E-state index in [9.17, 15) is 4.79 Å². The first kappa shape index (κ1) is 19.5. The van der Waals surface area contributed by atoms with Crippen molar-refractivity contribution in [3.8, 4) is 6.07 Å². The average Bonchev–Trinajstić information content (AvgIpc) is 2.79. The summed E-state index contributed by atoms with van der Waals surface area (Å²) in [6.07, 6.45) is 3.30. The van der Waals surface area contributed by atoms with Gasteiger partial charge < -0.3 is 15.1 Å². The fourth-order valence-corrected chi connectivity index (χ4v) is 3.59. The Hall–Kier alpha value is -3.85. The lowest BCUT2D eigenvalue weighted by atomic mass is 10.1. The van der Waals surface area contributed by atoms with Gasteiger partial charge >= 0.3 is 0 Å². The molecule has 3 aromatic rings. The maximum absolute atomic E-state index is 13.0. The van der Waals surface area contributed by atoms with Gasteiger partial charge in [0.25, 0.3) is 5.91 Å². The fourth-order valence-electron chi connectivity index (χ4n) is 3.59. The van der Waals surface area contributed by atoms with Crippen molar-refractivity contribution >= 4 is 23.0 Å². The summed E-state index contributed by atoms with van der Waals surface area (Å²) in [4.78, 5) is 21.4. The predicted molar refractivity (Wildman–Crippen MR) is 118 cm³/mol. The largest absolute Gasteiger partial charge is 0.368 e. The highest BCUT2D eigenvalue weighted by atomic mass is 16.2. The van der Waals surface area contributed by atoms with Crippen molar-refractivity contribution in [1.29, 1.82) is 5.26 Å². The monoisotopic (exact) mass is 397 g/mol. The van der Waals surface area contributed by atoms with E-state index in [1.54, 1.807) is 24.5 Å². The molecule has 0 unspecified atom stereocenters. The first-order valence-corrected chi connectivity index (χ1v) is 9.95. The number of hydrogen-bond donors (Lipinski definition) is 1. The fraction of sp³-hybridized carbons (Fsp3) is 0.208. The molecule has 0 aliphatic carbocycles. The van der Waals surface area contributed by atoms with Crippen LogP contribution in [0.25, 0.3) is 0 Å². The molecule has 1 aliphatic rings. The van der Waals surface area contributed by atoms with Crippen LogP contribution in [0.2, 0.25) is 0 Å². The molecule has 2 aromatic carbocycles. The third-order valence-electron chi connectivity index (χ3n) is 5.22. The Balaban J connectivity index is 1.40. The van der Waals surface area contributed by atoms with Crippen molar-refractivity contribution in [2.45, 2.75) is 6.92 Å². The van der Waals surface area contributed by atoms with E-state index in [1.807, 2.05) is 23.1 Å². The summed E-state index contributed by atoms with van der Waals surface area (Å²) in [7, 11) is 0. The van der Waals surface area contributed by atoms with Crippen LogP contribution in [0.1, 0.15) is 21.5 Å². The average molecular weight is 397 g/mol. The van der Waals surface area contributed by atoms with Gasteiger partial charge in [-0.15, -0.1) is 0 Å². The van der Waals surface area contributed by atoms with Gasteiger partial charge in [-0.2, -0.15) is 5.26 Å². The van der Waals surface area contributed by atoms with Gasteiger partial charge in [0.15, 0.2) is 0 Å². The van der Waals surface area contributed by atoms with Crippen LogP contribution in [-0.2, 0) is 0 Å². The van der Waals surface area contributed by atoms with E-state index in [4.69, 9.17) is 5.26 Å². The second kappa shape index (κ2) is 8.66. The van der Waals surface area contributed by atoms with Crippen molar-refractivity contribution in [2.75, 3.05) is 36.4 Å². The number of pyridine rings is 1. The Morgan fingerprint density at radius 2 is 1.77 bits per heavy atom. The minimum absolute atomic E-state index is 0.00475. The molecule has 2 heterocycles. The van der Waals surface area contributed by atoms with Crippen LogP contribution in [0.3, 0.4) is 0 Å². The second-order valence-corrected chi connectivity index (χ2v) is 7.39. The second-order valence-electron chi connectivity index (χ2n) is 7.39. The minimum atomic E-state index is -0.00475. The molecular formula is C24H23N5O. The first-order valence-electron chi connectivity index (χ1n) is 9.95. The summed E-state index contributed by atoms with van der Waals surface area (Å²) >= 11 is 0. The van der Waals surface area contributed by atoms with Gasteiger partial charge in [-0.1, -0.05) is 12.1 Å². The summed E-state index contributed by atoms with van der Waals surface area (Å²) in [5.74, 6) is -0.00475. The van der Waals surface area contributed by atoms with Crippen LogP contribution in [0.4, 0.5) is 17.1 Å². The van der Waals surface area contributed by atoms with Gasteiger partial charge in [0, 0.05) is 43.8 Å². The number of nitrogens with zero attached hydrogens (tertiary/aromatic N) is 4. The molecule has 4 rings (SSSR count). The van der Waals surface area contributed by atoms with Gasteiger partial charge in [0.05, 0.1) is 29.1 Å². The zero-order valence-electron chi connectivity index (χ0n) is 16.9. The third kappa shape index (κ3) is 4.41. The van der Waals surface area contributed by atoms with Crippen molar-refractivity contribution in [1.82, 2.24) is 9.88 Å². The third-order valence-corrected chi connectivity index (χ3v) is 5.22. The summed E-state index contributed by atoms with van der Waals surface area (Å²) in [5.41, 5.74) is 5.20. The summed E-state index contributed by atoms with van der Waals surface area (Å²) in [6.45, 7) is 5.08. The van der Waals surface area contributed by atoms with Crippen LogP contribution < -0.4 is 10.2 Å². The Kier molecular flexibility index (Phi) is 5.62. The molecule has 1 amide bonds. The first-order chi connectivity index (χ1) is 14.6. The standard InChI is InChI=1S/C24H23N5O/c1-18-3-2-4-23(13-18)28-9-11-29(12-10-28)24(30)20-14-22(17-26-16-20)27-21-7-5-19(15-25)6-8-21/h2-8,13-14,16-17,27H,9-12H2,1H3. The molecule has 0 atom stereocenters. The summed E-state index contributed by atoms with van der Waals surface area (Å²) in [5, 5.41) is 12.1. The normalized spacial score (nSPS) is 13.6. The highest BCUT2D eigenvalue weighted by Gasteiger charge is 2.22. The number of aryl methyl sites for hydroxylation is 1. The van der Waals surface area contributed by atoms with Crippen LogP contribution in [0.15, 0.2) is 67.0 Å². The summed E-state index contributed by atoms with van der Waals surface area (Å²) < 4.78 is 0. The molecule has 0 bridgehead atoms. The number of rotatable bonds is 4. The molecule has 1 saturated heterocycles. The van der Waals surface area contributed by atoms with Crippen LogP contribution >= 0.6 is 0 Å². The molecular weight excluding hydrogens is 374 g/mol. The van der Waals surface area contributed by atoms with E-state index >= 15 is 0 Å². The van der Waals surface area contributed by atoms with Gasteiger partial charge in [0.2, 0.25) is 0 Å². The molecule has 0 radical (unpaired) electrons. The molecule has 6 nitrogen and oxygen atoms in total. The van der Waals surface area contributed by atoms with Gasteiger partial charge in [-0.3, -0.25) is 9.78 Å². The molecule has 6 heteroatoms. The Morgan fingerprint density at radius 1 is 1.00 bits per heavy atom. The smallest absolute Gasteiger partial charge is 0.255 e. The van der Waals surface area contributed by atoms with Gasteiger partial charge in [-0.05, 0) is 55.0 Å². The topological polar surface area (TPSA) is 72.3 Å². The van der Waals surface area contributed by atoms with Crippen LogP contribution in [0, 0.1) is 18.3 Å². The SMILES string of the molecule is Cc1cccc(N2CCN(C(=O)c3cncc(Nc4ccc(C#N)cc4)c3)CC2)c1. The van der Waals surface area contributed by atoms with E-state index in [0.717, 1.165) is 24.5 Å². The quantitative estimate of drug-likeness (QED) is 0.721. The molecule has 1 fully saturated rings. The van der Waals surface area contributed by atoms with E-state index in [2.05, 4.69) is 52.5 Å². The molecule has 30 heavy (non-hydrogen) atoms. The van der Waals surface area contributed by atoms with Gasteiger partial charge in [-0.25, -0.2) is 0 Å². The number of benzene rings is 2. The van der Waals surface area contributed by atoms with Crippen molar-refractivity contribution in [2.24, 2.45) is 0 Å². The number of amides is 1. The van der Waals surface area contributed by atoms with E-state index in [-0.39, 0.29) is 5.91 Å². The lowest BCUT2D eigenvalue weighted by molar-refractivity contribution is 0.0746. The maximum atomic E-state index is 13.0. The lowest BCUT2D eigenvalue weighted by Crippen LogP contribution is -2.48. The van der Waals surface area contributed by atoms with Crippen LogP contribution in [0.5, 0.6) is 0 Å². The number of aromatic nitrogens is 1. The Bertz CT molecular complexity index is 1080. The highest BCUT2D eigenvalue weighted by molar-refractivity contribution is 5.95. The van der Waals surface area contributed by atoms with Crippen molar-refractivity contribution in [3.63, 3.8) is 0 Å². The number of nitriles is 1. The lowest BCUT2D eigenvalue weighted by Gasteiger charge is -2.36. The zero-order chi connectivity index (χ0) is 20.9. The predicted octanol–water partition coefficient (Wildman–Crippen LogP) is 3.97. The number of carbonyl (C=O) groups excluding carboxylic acids is 1. The van der Waals surface area contributed by atoms with Crippen LogP contribution in [-0.4, -0.2) is 42.0 Å². The molecule has 0 saturated carbocycles. The van der Waals surface area contributed by atoms with E-state index in [1.165, 1.54) is 11.3 Å². The molecule has 1 N–H and O–H groups in total. The minimum Gasteiger partial charge on any atom is -0.368 e. The maximum Gasteiger partial charge on any atom is 0.255 e. The van der Waals surface area contributed by atoms with Crippen molar-refractivity contribution < 1.29 is 4.79 Å². The van der Waals surface area contributed by atoms with Crippen molar-refractivity contribution in [3.05, 3.63) is 83.7 Å². The molecule has 1 aromatic heterocycles. The number of carbonyl (C=O) groups is 1. The molecule has 0 spiro atoms. The number of piperazine rings is 1. The number of hydrogen-bond acceptors (Lipinski definition) is 5. The summed E-state index contributed by atoms with van der Waals surface area (Å²) in [6, 6.07) is 19.5. The number of nitrogens with one attached hydrogen (secondary N) is 1. The van der Waals surface area contributed by atoms with E-state index < -0.39 is 0 Å². The Labute approximate surface area is 176 Å². The molecule has 150 valence electrons. The number of anilines is 3. The highest BCUT2D eigenvalue weighted by Crippen LogP contribution is 2.21. The van der Waals surface area contributed by atoms with Gasteiger partial charge in [0.1, 0.15) is 0 Å². The Morgan fingerprint density at radius 3 is 2.47 bits per heavy atom.